The molecule has 2 heterocycles. The number of aromatic nitrogens is 4. The fourth-order valence-corrected chi connectivity index (χ4v) is 4.35. The minimum Gasteiger partial charge on any atom is -0.325 e. The molecule has 1 fully saturated rings. The first-order chi connectivity index (χ1) is 14.4. The number of aryl methyl sites for hydroxylation is 2. The Morgan fingerprint density at radius 3 is 2.70 bits per heavy atom. The predicted octanol–water partition coefficient (Wildman–Crippen LogP) is 3.42. The molecule has 0 radical (unpaired) electrons. The van der Waals surface area contributed by atoms with Crippen molar-refractivity contribution in [2.75, 3.05) is 16.8 Å². The molecule has 1 saturated heterocycles. The van der Waals surface area contributed by atoms with Gasteiger partial charge >= 0.3 is 0 Å². The van der Waals surface area contributed by atoms with Crippen LogP contribution < -0.4 is 10.2 Å². The molecule has 1 aliphatic rings. The summed E-state index contributed by atoms with van der Waals surface area (Å²) in [5.74, 6) is -0.658. The van der Waals surface area contributed by atoms with Crippen molar-refractivity contribution < 1.29 is 9.59 Å². The Hall–Kier alpha value is -2.72. The fourth-order valence-electron chi connectivity index (χ4n) is 3.19. The number of carbonyl (C=O) groups is 2. The third-order valence-corrected chi connectivity index (χ3v) is 6.42. The van der Waals surface area contributed by atoms with Crippen LogP contribution in [0.3, 0.4) is 0 Å². The van der Waals surface area contributed by atoms with Gasteiger partial charge in [0, 0.05) is 35.1 Å². The molecular weight excluding hydrogens is 468 g/mol. The lowest BCUT2D eigenvalue weighted by Crippen LogP contribution is -2.28. The quantitative estimate of drug-likeness (QED) is 0.593. The maximum absolute atomic E-state index is 13.0. The van der Waals surface area contributed by atoms with Gasteiger partial charge in [-0.1, -0.05) is 33.6 Å². The third kappa shape index (κ3) is 4.39. The van der Waals surface area contributed by atoms with Gasteiger partial charge in [0.25, 0.3) is 0 Å². The zero-order chi connectivity index (χ0) is 21.3. The maximum atomic E-state index is 13.0. The predicted molar refractivity (Wildman–Crippen MR) is 117 cm³/mol. The van der Waals surface area contributed by atoms with Gasteiger partial charge in [-0.25, -0.2) is 4.68 Å². The van der Waals surface area contributed by atoms with Crippen LogP contribution in [-0.2, 0) is 16.6 Å². The lowest BCUT2D eigenvalue weighted by molar-refractivity contribution is -0.122. The van der Waals surface area contributed by atoms with E-state index in [0.717, 1.165) is 20.6 Å². The van der Waals surface area contributed by atoms with E-state index in [1.54, 1.807) is 16.6 Å². The maximum Gasteiger partial charge on any atom is 0.229 e. The van der Waals surface area contributed by atoms with Crippen LogP contribution in [0.15, 0.2) is 57.0 Å². The van der Waals surface area contributed by atoms with Gasteiger partial charge in [-0.15, -0.1) is 5.10 Å². The van der Waals surface area contributed by atoms with Gasteiger partial charge < -0.3 is 10.2 Å². The summed E-state index contributed by atoms with van der Waals surface area (Å²) in [6, 6.07) is 13.3. The van der Waals surface area contributed by atoms with E-state index in [1.807, 2.05) is 49.4 Å². The fraction of sp³-hybridized carbons (Fsp3) is 0.250. The zero-order valence-electron chi connectivity index (χ0n) is 16.4. The van der Waals surface area contributed by atoms with Crippen LogP contribution in [-0.4, -0.2) is 38.6 Å². The number of tetrazole rings is 1. The van der Waals surface area contributed by atoms with Crippen LogP contribution in [0.25, 0.3) is 0 Å². The number of carbonyl (C=O) groups excluding carboxylic acids is 2. The normalized spacial score (nSPS) is 16.2. The van der Waals surface area contributed by atoms with Gasteiger partial charge in [-0.2, -0.15) is 0 Å². The number of hydrogen-bond acceptors (Lipinski definition) is 6. The Labute approximate surface area is 186 Å². The first-order valence-corrected chi connectivity index (χ1v) is 10.9. The molecule has 1 aliphatic heterocycles. The van der Waals surface area contributed by atoms with Crippen LogP contribution in [0.5, 0.6) is 0 Å². The van der Waals surface area contributed by atoms with Crippen LogP contribution >= 0.6 is 27.7 Å². The van der Waals surface area contributed by atoms with Gasteiger partial charge in [0.2, 0.25) is 17.0 Å². The number of benzene rings is 2. The molecule has 8 nitrogen and oxygen atoms in total. The molecule has 0 spiro atoms. The summed E-state index contributed by atoms with van der Waals surface area (Å²) in [5, 5.41) is 15.0. The minimum atomic E-state index is -0.424. The van der Waals surface area contributed by atoms with Crippen LogP contribution in [0.1, 0.15) is 12.0 Å². The Balaban J connectivity index is 1.50. The molecule has 10 heteroatoms. The van der Waals surface area contributed by atoms with Crippen LogP contribution in [0, 0.1) is 12.8 Å². The van der Waals surface area contributed by atoms with E-state index in [-0.39, 0.29) is 18.2 Å². The van der Waals surface area contributed by atoms with Gasteiger partial charge in [-0.05, 0) is 59.4 Å². The molecule has 0 saturated carbocycles. The summed E-state index contributed by atoms with van der Waals surface area (Å²) in [7, 11) is 1.75. The summed E-state index contributed by atoms with van der Waals surface area (Å²) >= 11 is 4.80. The second-order valence-corrected chi connectivity index (χ2v) is 8.98. The molecular formula is C20H19BrN6O2S. The molecule has 1 N–H and O–H groups in total. The number of halogens is 1. The molecule has 1 atom stereocenters. The monoisotopic (exact) mass is 486 g/mol. The average Bonchev–Trinajstić information content (AvgIpc) is 3.30. The van der Waals surface area contributed by atoms with Gasteiger partial charge in [0.1, 0.15) is 0 Å². The first kappa shape index (κ1) is 20.5. The van der Waals surface area contributed by atoms with Gasteiger partial charge in [0.15, 0.2) is 0 Å². The number of rotatable bonds is 5. The molecule has 30 heavy (non-hydrogen) atoms. The Bertz CT molecular complexity index is 1100. The number of nitrogens with one attached hydrogen (secondary N) is 1. The SMILES string of the molecule is Cc1ccc(N2CC(C(=O)Nc3cc(Br)ccc3Sc3nnnn3C)CC2=O)cc1. The lowest BCUT2D eigenvalue weighted by Gasteiger charge is -2.17. The molecule has 2 aromatic carbocycles. The average molecular weight is 487 g/mol. The Morgan fingerprint density at radius 1 is 1.23 bits per heavy atom. The number of hydrogen-bond donors (Lipinski definition) is 1. The van der Waals surface area contributed by atoms with E-state index in [4.69, 9.17) is 0 Å². The first-order valence-electron chi connectivity index (χ1n) is 9.28. The molecule has 4 rings (SSSR count). The molecule has 0 aliphatic carbocycles. The molecule has 2 amide bonds. The standard InChI is InChI=1S/C20H19BrN6O2S/c1-12-3-6-15(7-4-12)27-11-13(9-18(27)28)19(29)22-16-10-14(21)5-8-17(16)30-20-23-24-25-26(20)2/h3-8,10,13H,9,11H2,1-2H3,(H,22,29). The largest absolute Gasteiger partial charge is 0.325 e. The number of nitrogens with zero attached hydrogens (tertiary/aromatic N) is 5. The molecule has 1 unspecified atom stereocenters. The minimum absolute atomic E-state index is 0.0481. The Kier molecular flexibility index (Phi) is 5.87. The molecule has 3 aromatic rings. The highest BCUT2D eigenvalue weighted by atomic mass is 79.9. The van der Waals surface area contributed by atoms with E-state index in [2.05, 4.69) is 36.8 Å². The van der Waals surface area contributed by atoms with E-state index < -0.39 is 5.92 Å². The van der Waals surface area contributed by atoms with Crippen LogP contribution in [0.2, 0.25) is 0 Å². The van der Waals surface area contributed by atoms with Crippen LogP contribution in [0.4, 0.5) is 11.4 Å². The van der Waals surface area contributed by atoms with Crippen molar-refractivity contribution in [1.29, 1.82) is 0 Å². The highest BCUT2D eigenvalue weighted by Crippen LogP contribution is 2.35. The molecule has 154 valence electrons. The second kappa shape index (κ2) is 8.57. The highest BCUT2D eigenvalue weighted by molar-refractivity contribution is 9.10. The van der Waals surface area contributed by atoms with Crippen molar-refractivity contribution in [3.05, 3.63) is 52.5 Å². The molecule has 1 aromatic heterocycles. The van der Waals surface area contributed by atoms with Gasteiger partial charge in [0.05, 0.1) is 11.6 Å². The summed E-state index contributed by atoms with van der Waals surface area (Å²) in [6.07, 6.45) is 0.184. The van der Waals surface area contributed by atoms with Crippen molar-refractivity contribution >= 4 is 50.9 Å². The van der Waals surface area contributed by atoms with Crippen molar-refractivity contribution in [3.8, 4) is 0 Å². The summed E-state index contributed by atoms with van der Waals surface area (Å²) in [6.45, 7) is 2.36. The number of anilines is 2. The summed E-state index contributed by atoms with van der Waals surface area (Å²) in [4.78, 5) is 28.0. The van der Waals surface area contributed by atoms with Crippen molar-refractivity contribution in [3.63, 3.8) is 0 Å². The van der Waals surface area contributed by atoms with Crippen molar-refractivity contribution in [2.24, 2.45) is 13.0 Å². The highest BCUT2D eigenvalue weighted by Gasteiger charge is 2.35. The van der Waals surface area contributed by atoms with Crippen molar-refractivity contribution in [1.82, 2.24) is 20.2 Å². The molecule has 0 bridgehead atoms. The summed E-state index contributed by atoms with van der Waals surface area (Å²) < 4.78 is 2.40. The van der Waals surface area contributed by atoms with E-state index in [1.165, 1.54) is 11.8 Å². The third-order valence-electron chi connectivity index (χ3n) is 4.82. The summed E-state index contributed by atoms with van der Waals surface area (Å²) in [5.41, 5.74) is 2.58. The topological polar surface area (TPSA) is 93.0 Å². The second-order valence-electron chi connectivity index (χ2n) is 7.06. The smallest absolute Gasteiger partial charge is 0.229 e. The lowest BCUT2D eigenvalue weighted by atomic mass is 10.1. The van der Waals surface area contributed by atoms with Crippen molar-refractivity contribution in [2.45, 2.75) is 23.4 Å². The van der Waals surface area contributed by atoms with E-state index >= 15 is 0 Å². The van der Waals surface area contributed by atoms with E-state index in [9.17, 15) is 9.59 Å². The zero-order valence-corrected chi connectivity index (χ0v) is 18.8. The number of amides is 2. The van der Waals surface area contributed by atoms with Gasteiger partial charge in [-0.3, -0.25) is 9.59 Å². The van der Waals surface area contributed by atoms with E-state index in [0.29, 0.717) is 17.4 Å². The Morgan fingerprint density at radius 2 is 2.00 bits per heavy atom.